The maximum atomic E-state index is 10.3. The molecule has 124 valence electrons. The van der Waals surface area contributed by atoms with E-state index < -0.39 is 0 Å². The predicted molar refractivity (Wildman–Crippen MR) is 82.7 cm³/mol. The molecule has 2 heterocycles. The molecule has 0 spiro atoms. The molecule has 1 N–H and O–H groups in total. The third-order valence-corrected chi connectivity index (χ3v) is 4.55. The number of aryl methyl sites for hydroxylation is 1. The number of hydrogen-bond donors (Lipinski definition) is 1. The van der Waals surface area contributed by atoms with Gasteiger partial charge >= 0.3 is 0 Å². The number of morpholine rings is 1. The van der Waals surface area contributed by atoms with Gasteiger partial charge in [0.2, 0.25) is 0 Å². The number of likely N-dealkylation sites (N-methyl/N-ethyl adjacent to an activating group) is 1. The minimum absolute atomic E-state index is 0.342. The summed E-state index contributed by atoms with van der Waals surface area (Å²) in [6.07, 6.45) is 4.19. The van der Waals surface area contributed by atoms with Crippen LogP contribution in [0.2, 0.25) is 0 Å². The molecule has 1 aromatic rings. The van der Waals surface area contributed by atoms with E-state index in [0.29, 0.717) is 13.1 Å². The van der Waals surface area contributed by atoms with Crippen molar-refractivity contribution in [1.82, 2.24) is 15.0 Å². The van der Waals surface area contributed by atoms with Crippen molar-refractivity contribution >= 4 is 0 Å². The Kier molecular flexibility index (Phi) is 5.46. The fourth-order valence-electron chi connectivity index (χ4n) is 3.39. The highest BCUT2D eigenvalue weighted by Crippen LogP contribution is 2.24. The molecule has 0 aromatic carbocycles. The topological polar surface area (TPSA) is 62.0 Å². The van der Waals surface area contributed by atoms with E-state index in [0.717, 1.165) is 57.1 Å². The second-order valence-electron chi connectivity index (χ2n) is 6.50. The summed E-state index contributed by atoms with van der Waals surface area (Å²) in [6, 6.07) is 0. The first-order valence-corrected chi connectivity index (χ1v) is 8.35. The quantitative estimate of drug-likeness (QED) is 0.834. The molecule has 1 aromatic heterocycles. The van der Waals surface area contributed by atoms with Gasteiger partial charge in [-0.1, -0.05) is 5.16 Å². The molecule has 1 aliphatic carbocycles. The van der Waals surface area contributed by atoms with Gasteiger partial charge in [0.1, 0.15) is 11.5 Å². The van der Waals surface area contributed by atoms with Gasteiger partial charge in [-0.05, 0) is 26.3 Å². The van der Waals surface area contributed by atoms with E-state index in [1.807, 2.05) is 7.05 Å². The van der Waals surface area contributed by atoms with E-state index in [2.05, 4.69) is 15.0 Å². The minimum Gasteiger partial charge on any atom is -0.390 e. The molecule has 1 aliphatic heterocycles. The van der Waals surface area contributed by atoms with Crippen LogP contribution in [0.1, 0.15) is 29.9 Å². The lowest BCUT2D eigenvalue weighted by Gasteiger charge is -2.30. The number of fused-ring (bicyclic) bond motifs is 1. The van der Waals surface area contributed by atoms with Crippen LogP contribution in [-0.2, 0) is 24.1 Å². The smallest absolute Gasteiger partial charge is 0.140 e. The van der Waals surface area contributed by atoms with Gasteiger partial charge in [0.25, 0.3) is 0 Å². The lowest BCUT2D eigenvalue weighted by molar-refractivity contribution is 0.00813. The largest absolute Gasteiger partial charge is 0.390 e. The molecule has 1 fully saturated rings. The van der Waals surface area contributed by atoms with Gasteiger partial charge < -0.3 is 14.4 Å². The van der Waals surface area contributed by atoms with Gasteiger partial charge in [0.05, 0.1) is 19.3 Å². The van der Waals surface area contributed by atoms with E-state index in [4.69, 9.17) is 9.26 Å². The number of hydrogen-bond acceptors (Lipinski definition) is 6. The summed E-state index contributed by atoms with van der Waals surface area (Å²) < 4.78 is 10.8. The summed E-state index contributed by atoms with van der Waals surface area (Å²) in [5.74, 6) is 1.07. The van der Waals surface area contributed by atoms with E-state index >= 15 is 0 Å². The molecule has 3 rings (SSSR count). The van der Waals surface area contributed by atoms with Crippen molar-refractivity contribution in [1.29, 1.82) is 0 Å². The summed E-state index contributed by atoms with van der Waals surface area (Å²) in [7, 11) is 2.03. The molecule has 0 saturated carbocycles. The van der Waals surface area contributed by atoms with E-state index in [1.54, 1.807) is 0 Å². The van der Waals surface area contributed by atoms with Crippen LogP contribution in [0.5, 0.6) is 0 Å². The highest BCUT2D eigenvalue weighted by molar-refractivity contribution is 5.25. The van der Waals surface area contributed by atoms with Gasteiger partial charge in [-0.3, -0.25) is 9.80 Å². The highest BCUT2D eigenvalue weighted by atomic mass is 16.5. The molecule has 1 saturated heterocycles. The minimum atomic E-state index is -0.342. The molecular weight excluding hydrogens is 282 g/mol. The number of aromatic nitrogens is 1. The van der Waals surface area contributed by atoms with E-state index in [9.17, 15) is 5.11 Å². The summed E-state index contributed by atoms with van der Waals surface area (Å²) >= 11 is 0. The lowest BCUT2D eigenvalue weighted by Crippen LogP contribution is -2.44. The average Bonchev–Trinajstić information content (AvgIpc) is 2.91. The summed E-state index contributed by atoms with van der Waals surface area (Å²) in [5, 5.41) is 14.5. The van der Waals surface area contributed by atoms with Crippen molar-refractivity contribution in [2.24, 2.45) is 0 Å². The predicted octanol–water partition coefficient (Wildman–Crippen LogP) is 0.678. The van der Waals surface area contributed by atoms with Crippen molar-refractivity contribution < 1.29 is 14.4 Å². The van der Waals surface area contributed by atoms with Crippen LogP contribution < -0.4 is 0 Å². The molecule has 6 nitrogen and oxygen atoms in total. The van der Waals surface area contributed by atoms with Gasteiger partial charge in [0.15, 0.2) is 0 Å². The summed E-state index contributed by atoms with van der Waals surface area (Å²) in [5.41, 5.74) is 2.36. The number of ether oxygens (including phenoxy) is 1. The Balaban J connectivity index is 1.47. The van der Waals surface area contributed by atoms with Crippen molar-refractivity contribution in [3.8, 4) is 0 Å². The maximum absolute atomic E-state index is 10.3. The lowest BCUT2D eigenvalue weighted by atomic mass is 9.96. The first-order valence-electron chi connectivity index (χ1n) is 8.35. The fourth-order valence-corrected chi connectivity index (χ4v) is 3.39. The van der Waals surface area contributed by atoms with Crippen LogP contribution in [0, 0.1) is 0 Å². The van der Waals surface area contributed by atoms with Crippen LogP contribution in [-0.4, -0.2) is 72.6 Å². The van der Waals surface area contributed by atoms with E-state index in [1.165, 1.54) is 18.4 Å². The molecule has 2 aliphatic rings. The Morgan fingerprint density at radius 2 is 2.05 bits per heavy atom. The fraction of sp³-hybridized carbons (Fsp3) is 0.812. The zero-order valence-electron chi connectivity index (χ0n) is 13.5. The van der Waals surface area contributed by atoms with Crippen molar-refractivity contribution in [2.45, 2.75) is 38.3 Å². The highest BCUT2D eigenvalue weighted by Gasteiger charge is 2.21. The maximum Gasteiger partial charge on any atom is 0.140 e. The Labute approximate surface area is 132 Å². The zero-order chi connectivity index (χ0) is 15.4. The van der Waals surface area contributed by atoms with Crippen molar-refractivity contribution in [3.05, 3.63) is 17.0 Å². The Bertz CT molecular complexity index is 471. The molecule has 1 atom stereocenters. The van der Waals surface area contributed by atoms with Crippen LogP contribution in [0.25, 0.3) is 0 Å². The second kappa shape index (κ2) is 7.55. The Hall–Kier alpha value is -0.950. The number of aliphatic hydroxyl groups excluding tert-OH is 1. The molecule has 6 heteroatoms. The zero-order valence-corrected chi connectivity index (χ0v) is 13.5. The van der Waals surface area contributed by atoms with Crippen LogP contribution in [0.15, 0.2) is 4.52 Å². The second-order valence-corrected chi connectivity index (χ2v) is 6.50. The third kappa shape index (κ3) is 4.07. The molecule has 0 bridgehead atoms. The average molecular weight is 309 g/mol. The van der Waals surface area contributed by atoms with Gasteiger partial charge in [-0.25, -0.2) is 0 Å². The molecule has 22 heavy (non-hydrogen) atoms. The van der Waals surface area contributed by atoms with Gasteiger partial charge in [-0.2, -0.15) is 0 Å². The van der Waals surface area contributed by atoms with Crippen LogP contribution >= 0.6 is 0 Å². The summed E-state index contributed by atoms with van der Waals surface area (Å²) in [6.45, 7) is 5.49. The third-order valence-electron chi connectivity index (χ3n) is 4.55. The van der Waals surface area contributed by atoms with Crippen molar-refractivity contribution in [2.75, 3.05) is 46.4 Å². The van der Waals surface area contributed by atoms with Gasteiger partial charge in [-0.15, -0.1) is 0 Å². The monoisotopic (exact) mass is 309 g/mol. The number of β-amino-alcohol motifs (C(OH)–C–C–N with tert-alkyl or cyclic N) is 1. The molecule has 0 radical (unpaired) electrons. The first kappa shape index (κ1) is 15.9. The van der Waals surface area contributed by atoms with Crippen LogP contribution in [0.4, 0.5) is 0 Å². The number of aliphatic hydroxyl groups is 1. The van der Waals surface area contributed by atoms with Crippen molar-refractivity contribution in [3.63, 3.8) is 0 Å². The van der Waals surface area contributed by atoms with E-state index in [-0.39, 0.29) is 6.10 Å². The SMILES string of the molecule is CN(Cc1noc2c1CCCC2)CC(O)CN1CCOCC1. The molecule has 1 unspecified atom stereocenters. The summed E-state index contributed by atoms with van der Waals surface area (Å²) in [4.78, 5) is 4.40. The number of rotatable bonds is 6. The standard InChI is InChI=1S/C16H27N3O3/c1-18(10-13(20)11-19-6-8-21-9-7-19)12-15-14-4-2-3-5-16(14)22-17-15/h13,20H,2-12H2,1H3. The van der Waals surface area contributed by atoms with Gasteiger partial charge in [0, 0.05) is 44.7 Å². The molecule has 0 amide bonds. The molecular formula is C16H27N3O3. The Morgan fingerprint density at radius 1 is 1.27 bits per heavy atom. The van der Waals surface area contributed by atoms with Crippen LogP contribution in [0.3, 0.4) is 0 Å². The Morgan fingerprint density at radius 3 is 2.86 bits per heavy atom. The number of nitrogens with zero attached hydrogens (tertiary/aromatic N) is 3. The normalized spacial score (nSPS) is 21.0. The first-order chi connectivity index (χ1) is 10.7.